The lowest BCUT2D eigenvalue weighted by Gasteiger charge is -2.66. The number of hydrogen-bond donors (Lipinski definition) is 3. The summed E-state index contributed by atoms with van der Waals surface area (Å²) in [5.41, 5.74) is -0.628. The smallest absolute Gasteiger partial charge is 0.138 e. The van der Waals surface area contributed by atoms with Crippen LogP contribution >= 0.6 is 0 Å². The highest BCUT2D eigenvalue weighted by Crippen LogP contribution is 2.69. The van der Waals surface area contributed by atoms with Crippen molar-refractivity contribution in [3.05, 3.63) is 0 Å². The maximum Gasteiger partial charge on any atom is 0.138 e. The Labute approximate surface area is 157 Å². The van der Waals surface area contributed by atoms with Gasteiger partial charge in [-0.25, -0.2) is 0 Å². The molecule has 0 radical (unpaired) electrons. The van der Waals surface area contributed by atoms with Gasteiger partial charge in [-0.1, -0.05) is 27.7 Å². The van der Waals surface area contributed by atoms with E-state index in [0.29, 0.717) is 18.3 Å². The van der Waals surface area contributed by atoms with Crippen LogP contribution in [-0.4, -0.2) is 39.9 Å². The molecule has 4 aliphatic rings. The molecule has 148 valence electrons. The molecule has 0 aromatic heterocycles. The van der Waals surface area contributed by atoms with Crippen LogP contribution in [0.25, 0.3) is 0 Å². The van der Waals surface area contributed by atoms with Gasteiger partial charge in [0, 0.05) is 24.4 Å². The lowest BCUT2D eigenvalue weighted by atomic mass is 9.38. The molecule has 0 aliphatic heterocycles. The average molecular weight is 365 g/mol. The third-order valence-electron chi connectivity index (χ3n) is 9.70. The van der Waals surface area contributed by atoms with E-state index in [2.05, 4.69) is 13.8 Å². The van der Waals surface area contributed by atoms with Crippen LogP contribution in [0.15, 0.2) is 0 Å². The maximum atomic E-state index is 12.7. The van der Waals surface area contributed by atoms with Crippen molar-refractivity contribution in [2.75, 3.05) is 6.61 Å². The van der Waals surface area contributed by atoms with E-state index in [1.807, 2.05) is 13.8 Å². The standard InChI is InChI=1S/C22H36O4/c1-20(2)15(24)8-10-22(4)14-7-9-21(3)13(5-6-16(21)25)17(14)18(26)12(11-23)19(20)22/h12-14,16-19,23,25-26H,5-11H2,1-4H3/t12?,13-,14+,16?,17-,18?,19?,21-,22+/m0/s1. The van der Waals surface area contributed by atoms with Gasteiger partial charge in [-0.2, -0.15) is 0 Å². The van der Waals surface area contributed by atoms with Gasteiger partial charge in [-0.05, 0) is 66.6 Å². The van der Waals surface area contributed by atoms with Crippen LogP contribution in [0, 0.1) is 45.8 Å². The first kappa shape index (κ1) is 18.9. The molecule has 4 nitrogen and oxygen atoms in total. The van der Waals surface area contributed by atoms with E-state index in [-0.39, 0.29) is 47.1 Å². The number of Topliss-reactive ketones (excluding diaryl/α,β-unsaturated/α-hetero) is 1. The van der Waals surface area contributed by atoms with Gasteiger partial charge in [-0.3, -0.25) is 4.79 Å². The van der Waals surface area contributed by atoms with E-state index >= 15 is 0 Å². The maximum absolute atomic E-state index is 12.7. The first-order chi connectivity index (χ1) is 12.1. The number of aliphatic hydroxyl groups excluding tert-OH is 3. The van der Waals surface area contributed by atoms with Crippen LogP contribution < -0.4 is 0 Å². The lowest BCUT2D eigenvalue weighted by Crippen LogP contribution is -2.66. The van der Waals surface area contributed by atoms with Gasteiger partial charge in [0.25, 0.3) is 0 Å². The van der Waals surface area contributed by atoms with E-state index in [4.69, 9.17) is 0 Å². The van der Waals surface area contributed by atoms with Crippen molar-refractivity contribution >= 4 is 5.78 Å². The highest BCUT2D eigenvalue weighted by atomic mass is 16.3. The SMILES string of the molecule is CC1(C)C(=O)CC[C@@]2(C)C1C(CO)C(O)[C@@H]1[C@H]2CC[C@]2(C)C(O)CC[C@@H]12. The summed E-state index contributed by atoms with van der Waals surface area (Å²) in [7, 11) is 0. The second-order valence-corrected chi connectivity index (χ2v) is 10.9. The molecule has 0 saturated heterocycles. The highest BCUT2D eigenvalue weighted by Gasteiger charge is 2.67. The van der Waals surface area contributed by atoms with Crippen molar-refractivity contribution in [2.24, 2.45) is 45.8 Å². The summed E-state index contributed by atoms with van der Waals surface area (Å²) in [6, 6.07) is 0. The second kappa shape index (κ2) is 5.78. The minimum Gasteiger partial charge on any atom is -0.396 e. The zero-order chi connectivity index (χ0) is 19.1. The molecule has 0 bridgehead atoms. The van der Waals surface area contributed by atoms with Gasteiger partial charge in [-0.15, -0.1) is 0 Å². The van der Waals surface area contributed by atoms with Crippen molar-refractivity contribution in [3.63, 3.8) is 0 Å². The van der Waals surface area contributed by atoms with Crippen LogP contribution in [-0.2, 0) is 4.79 Å². The lowest BCUT2D eigenvalue weighted by molar-refractivity contribution is -0.224. The Morgan fingerprint density at radius 3 is 2.27 bits per heavy atom. The van der Waals surface area contributed by atoms with Crippen LogP contribution in [0.5, 0.6) is 0 Å². The fraction of sp³-hybridized carbons (Fsp3) is 0.955. The number of fused-ring (bicyclic) bond motifs is 5. The van der Waals surface area contributed by atoms with Crippen LogP contribution in [0.3, 0.4) is 0 Å². The number of rotatable bonds is 1. The van der Waals surface area contributed by atoms with Crippen LogP contribution in [0.2, 0.25) is 0 Å². The third kappa shape index (κ3) is 2.15. The monoisotopic (exact) mass is 364 g/mol. The van der Waals surface area contributed by atoms with Gasteiger partial charge in [0.05, 0.1) is 12.2 Å². The van der Waals surface area contributed by atoms with E-state index in [1.54, 1.807) is 0 Å². The van der Waals surface area contributed by atoms with Crippen molar-refractivity contribution in [1.29, 1.82) is 0 Å². The molecule has 26 heavy (non-hydrogen) atoms. The van der Waals surface area contributed by atoms with Crippen molar-refractivity contribution in [2.45, 2.75) is 78.4 Å². The second-order valence-electron chi connectivity index (χ2n) is 10.9. The predicted molar refractivity (Wildman–Crippen MR) is 99.3 cm³/mol. The molecule has 3 N–H and O–H groups in total. The molecular formula is C22H36O4. The number of hydrogen-bond acceptors (Lipinski definition) is 4. The average Bonchev–Trinajstić information content (AvgIpc) is 2.89. The Balaban J connectivity index is 1.80. The largest absolute Gasteiger partial charge is 0.396 e. The Morgan fingerprint density at radius 2 is 1.62 bits per heavy atom. The molecule has 4 fully saturated rings. The van der Waals surface area contributed by atoms with Gasteiger partial charge >= 0.3 is 0 Å². The first-order valence-corrected chi connectivity index (χ1v) is 10.6. The molecule has 4 unspecified atom stereocenters. The predicted octanol–water partition coefficient (Wildman–Crippen LogP) is 2.78. The molecule has 4 heteroatoms. The molecule has 4 aliphatic carbocycles. The summed E-state index contributed by atoms with van der Waals surface area (Å²) in [4.78, 5) is 12.7. The van der Waals surface area contributed by atoms with E-state index in [9.17, 15) is 20.1 Å². The summed E-state index contributed by atoms with van der Waals surface area (Å²) < 4.78 is 0. The summed E-state index contributed by atoms with van der Waals surface area (Å²) >= 11 is 0. The quantitative estimate of drug-likeness (QED) is 0.669. The van der Waals surface area contributed by atoms with Gasteiger partial charge < -0.3 is 15.3 Å². The number of aliphatic hydroxyl groups is 3. The molecule has 4 rings (SSSR count). The van der Waals surface area contributed by atoms with Gasteiger partial charge in [0.15, 0.2) is 0 Å². The van der Waals surface area contributed by atoms with Crippen molar-refractivity contribution < 1.29 is 20.1 Å². The topological polar surface area (TPSA) is 77.8 Å². The Morgan fingerprint density at radius 1 is 0.962 bits per heavy atom. The van der Waals surface area contributed by atoms with E-state index in [1.165, 1.54) is 0 Å². The summed E-state index contributed by atoms with van der Waals surface area (Å²) in [6.45, 7) is 8.52. The minimum atomic E-state index is -0.580. The normalized spacial score (nSPS) is 55.8. The molecule has 0 aromatic rings. The van der Waals surface area contributed by atoms with Gasteiger partial charge in [0.1, 0.15) is 5.78 Å². The van der Waals surface area contributed by atoms with E-state index < -0.39 is 11.5 Å². The molecule has 4 saturated carbocycles. The molecule has 0 amide bonds. The zero-order valence-electron chi connectivity index (χ0n) is 16.7. The summed E-state index contributed by atoms with van der Waals surface area (Å²) in [6.07, 6.45) is 4.45. The fourth-order valence-electron chi connectivity index (χ4n) is 8.41. The number of carbonyl (C=O) groups excluding carboxylic acids is 1. The van der Waals surface area contributed by atoms with E-state index in [0.717, 1.165) is 32.1 Å². The first-order valence-electron chi connectivity index (χ1n) is 10.6. The number of carbonyl (C=O) groups is 1. The summed E-state index contributed by atoms with van der Waals surface area (Å²) in [5.74, 6) is 0.878. The van der Waals surface area contributed by atoms with Crippen LogP contribution in [0.4, 0.5) is 0 Å². The van der Waals surface area contributed by atoms with Gasteiger partial charge in [0.2, 0.25) is 0 Å². The molecule has 9 atom stereocenters. The Kier molecular flexibility index (Phi) is 4.20. The van der Waals surface area contributed by atoms with Crippen molar-refractivity contribution in [3.8, 4) is 0 Å². The number of ketones is 1. The Hall–Kier alpha value is -0.450. The van der Waals surface area contributed by atoms with Crippen LogP contribution in [0.1, 0.15) is 66.2 Å². The molecule has 0 heterocycles. The molecule has 0 spiro atoms. The Bertz CT molecular complexity index is 601. The van der Waals surface area contributed by atoms with Crippen molar-refractivity contribution in [1.82, 2.24) is 0 Å². The molecule has 0 aromatic carbocycles. The molecular weight excluding hydrogens is 328 g/mol. The minimum absolute atomic E-state index is 0.0215. The zero-order valence-corrected chi connectivity index (χ0v) is 16.7. The summed E-state index contributed by atoms with van der Waals surface area (Å²) in [5, 5.41) is 32.3. The highest BCUT2D eigenvalue weighted by molar-refractivity contribution is 5.85. The third-order valence-corrected chi connectivity index (χ3v) is 9.70. The fourth-order valence-corrected chi connectivity index (χ4v) is 8.41.